The molecule has 0 saturated carbocycles. The van der Waals surface area contributed by atoms with Crippen LogP contribution >= 0.6 is 23.1 Å². The van der Waals surface area contributed by atoms with Crippen molar-refractivity contribution in [2.24, 2.45) is 0 Å². The smallest absolute Gasteiger partial charge is 0.248 e. The maximum absolute atomic E-state index is 12.4. The Kier molecular flexibility index (Phi) is 7.77. The minimum Gasteiger partial charge on any atom is -0.325 e. The van der Waals surface area contributed by atoms with Crippen LogP contribution in [0.1, 0.15) is 30.9 Å². The van der Waals surface area contributed by atoms with Gasteiger partial charge in [-0.25, -0.2) is 4.98 Å². The van der Waals surface area contributed by atoms with Crippen molar-refractivity contribution in [1.29, 1.82) is 0 Å². The molecule has 0 aliphatic heterocycles. The van der Waals surface area contributed by atoms with Gasteiger partial charge >= 0.3 is 0 Å². The number of rotatable bonds is 8. The Balaban J connectivity index is 1.32. The predicted molar refractivity (Wildman–Crippen MR) is 144 cm³/mol. The molecule has 172 valence electrons. The fourth-order valence-corrected chi connectivity index (χ4v) is 5.15. The van der Waals surface area contributed by atoms with E-state index in [1.54, 1.807) is 6.08 Å². The van der Waals surface area contributed by atoms with Gasteiger partial charge in [0.15, 0.2) is 4.34 Å². The summed E-state index contributed by atoms with van der Waals surface area (Å²) in [5, 5.41) is 5.81. The Labute approximate surface area is 207 Å². The van der Waals surface area contributed by atoms with Crippen LogP contribution in [0.25, 0.3) is 16.3 Å². The van der Waals surface area contributed by atoms with E-state index in [2.05, 4.69) is 29.5 Å². The van der Waals surface area contributed by atoms with Gasteiger partial charge in [0.1, 0.15) is 0 Å². The Bertz CT molecular complexity index is 1310. The quantitative estimate of drug-likeness (QED) is 0.212. The highest BCUT2D eigenvalue weighted by atomic mass is 32.2. The van der Waals surface area contributed by atoms with Crippen LogP contribution in [-0.2, 0) is 9.59 Å². The van der Waals surface area contributed by atoms with Gasteiger partial charge in [-0.2, -0.15) is 0 Å². The van der Waals surface area contributed by atoms with Crippen LogP contribution in [0.3, 0.4) is 0 Å². The number of hydrogen-bond donors (Lipinski definition) is 2. The third kappa shape index (κ3) is 6.56. The fourth-order valence-electron chi connectivity index (χ4n) is 3.24. The first-order chi connectivity index (χ1) is 16.5. The average molecular weight is 488 g/mol. The van der Waals surface area contributed by atoms with Crippen LogP contribution in [0.4, 0.5) is 11.4 Å². The van der Waals surface area contributed by atoms with Gasteiger partial charge in [-0.05, 0) is 53.5 Å². The molecular formula is C27H25N3O2S2. The zero-order valence-electron chi connectivity index (χ0n) is 18.9. The highest BCUT2D eigenvalue weighted by Crippen LogP contribution is 2.31. The second-order valence-corrected chi connectivity index (χ2v) is 10.3. The van der Waals surface area contributed by atoms with Crippen LogP contribution in [0.15, 0.2) is 83.2 Å². The molecule has 0 bridgehead atoms. The largest absolute Gasteiger partial charge is 0.325 e. The number of thioether (sulfide) groups is 1. The summed E-state index contributed by atoms with van der Waals surface area (Å²) in [5.74, 6) is 0.471. The summed E-state index contributed by atoms with van der Waals surface area (Å²) < 4.78 is 1.77. The number of fused-ring (bicyclic) bond motifs is 1. The number of hydrogen-bond acceptors (Lipinski definition) is 5. The topological polar surface area (TPSA) is 71.1 Å². The van der Waals surface area contributed by atoms with Crippen molar-refractivity contribution >= 4 is 62.6 Å². The van der Waals surface area contributed by atoms with Gasteiger partial charge in [-0.1, -0.05) is 68.1 Å². The summed E-state index contributed by atoms with van der Waals surface area (Å²) in [6, 6.07) is 23.2. The van der Waals surface area contributed by atoms with Crippen molar-refractivity contribution in [3.8, 4) is 0 Å². The molecule has 0 radical (unpaired) electrons. The van der Waals surface area contributed by atoms with Gasteiger partial charge in [0.25, 0.3) is 0 Å². The zero-order valence-corrected chi connectivity index (χ0v) is 20.6. The number of nitrogens with one attached hydrogen (secondary N) is 2. The lowest BCUT2D eigenvalue weighted by atomic mass is 10.0. The number of aromatic nitrogens is 1. The molecule has 3 aromatic carbocycles. The Morgan fingerprint density at radius 2 is 1.71 bits per heavy atom. The van der Waals surface area contributed by atoms with Gasteiger partial charge in [-0.15, -0.1) is 11.3 Å². The number of thiazole rings is 1. The van der Waals surface area contributed by atoms with Gasteiger partial charge in [0.05, 0.1) is 16.0 Å². The number of nitrogens with zero attached hydrogens (tertiary/aromatic N) is 1. The molecule has 0 aliphatic rings. The molecule has 7 heteroatoms. The van der Waals surface area contributed by atoms with Crippen molar-refractivity contribution in [2.75, 3.05) is 16.4 Å². The zero-order chi connectivity index (χ0) is 23.9. The molecule has 34 heavy (non-hydrogen) atoms. The lowest BCUT2D eigenvalue weighted by Gasteiger charge is -2.08. The van der Waals surface area contributed by atoms with Crippen molar-refractivity contribution in [1.82, 2.24) is 4.98 Å². The molecule has 0 saturated heterocycles. The van der Waals surface area contributed by atoms with Gasteiger partial charge in [0.2, 0.25) is 11.8 Å². The van der Waals surface area contributed by atoms with E-state index in [0.717, 1.165) is 25.8 Å². The summed E-state index contributed by atoms with van der Waals surface area (Å²) in [4.78, 5) is 29.2. The van der Waals surface area contributed by atoms with Crippen molar-refractivity contribution < 1.29 is 9.59 Å². The molecule has 0 unspecified atom stereocenters. The molecule has 1 heterocycles. The summed E-state index contributed by atoms with van der Waals surface area (Å²) in [5.41, 5.74) is 4.55. The fraction of sp³-hybridized carbons (Fsp3) is 0.148. The lowest BCUT2D eigenvalue weighted by molar-refractivity contribution is -0.114. The number of carbonyl (C=O) groups is 2. The third-order valence-corrected chi connectivity index (χ3v) is 7.21. The van der Waals surface area contributed by atoms with Crippen LogP contribution in [0, 0.1) is 0 Å². The highest BCUT2D eigenvalue weighted by molar-refractivity contribution is 8.01. The molecular weight excluding hydrogens is 462 g/mol. The number of benzene rings is 3. The van der Waals surface area contributed by atoms with Crippen LogP contribution in [0.2, 0.25) is 0 Å². The second kappa shape index (κ2) is 11.1. The monoisotopic (exact) mass is 487 g/mol. The van der Waals surface area contributed by atoms with E-state index in [1.807, 2.05) is 72.8 Å². The molecule has 0 atom stereocenters. The maximum Gasteiger partial charge on any atom is 0.248 e. The van der Waals surface area contributed by atoms with E-state index in [4.69, 9.17) is 0 Å². The van der Waals surface area contributed by atoms with Crippen LogP contribution in [-0.4, -0.2) is 22.6 Å². The molecule has 4 rings (SSSR count). The SMILES string of the molecule is CC(C)c1ccc(NC(=O)CSc2nc3ccc(NC(=O)/C=C/c4ccccc4)cc3s2)cc1. The van der Waals surface area contributed by atoms with Gasteiger partial charge in [0, 0.05) is 17.5 Å². The minimum absolute atomic E-state index is 0.0697. The Morgan fingerprint density at radius 3 is 2.44 bits per heavy atom. The normalized spacial score (nSPS) is 11.3. The minimum atomic E-state index is -0.194. The number of carbonyl (C=O) groups excluding carboxylic acids is 2. The first-order valence-corrected chi connectivity index (χ1v) is 12.7. The third-order valence-electron chi connectivity index (χ3n) is 5.05. The van der Waals surface area contributed by atoms with E-state index in [-0.39, 0.29) is 17.6 Å². The number of amides is 2. The molecule has 0 spiro atoms. The van der Waals surface area contributed by atoms with Gasteiger partial charge in [-0.3, -0.25) is 9.59 Å². The number of anilines is 2. The maximum atomic E-state index is 12.4. The molecule has 5 nitrogen and oxygen atoms in total. The van der Waals surface area contributed by atoms with Gasteiger partial charge < -0.3 is 10.6 Å². The molecule has 2 N–H and O–H groups in total. The first kappa shape index (κ1) is 23.7. The van der Waals surface area contributed by atoms with Crippen molar-refractivity contribution in [3.05, 3.63) is 90.0 Å². The molecule has 0 aliphatic carbocycles. The summed E-state index contributed by atoms with van der Waals surface area (Å²) >= 11 is 2.91. The van der Waals surface area contributed by atoms with E-state index in [9.17, 15) is 9.59 Å². The van der Waals surface area contributed by atoms with Crippen LogP contribution < -0.4 is 10.6 Å². The summed E-state index contributed by atoms with van der Waals surface area (Å²) in [7, 11) is 0. The van der Waals surface area contributed by atoms with E-state index in [0.29, 0.717) is 11.6 Å². The molecule has 0 fully saturated rings. The molecule has 4 aromatic rings. The summed E-state index contributed by atoms with van der Waals surface area (Å²) in [6.45, 7) is 4.28. The summed E-state index contributed by atoms with van der Waals surface area (Å²) in [6.07, 6.45) is 3.29. The Hall–Kier alpha value is -3.42. The molecule has 1 aromatic heterocycles. The highest BCUT2D eigenvalue weighted by Gasteiger charge is 2.10. The average Bonchev–Trinajstić information content (AvgIpc) is 3.25. The second-order valence-electron chi connectivity index (χ2n) is 8.01. The van der Waals surface area contributed by atoms with E-state index >= 15 is 0 Å². The Morgan fingerprint density at radius 1 is 0.971 bits per heavy atom. The predicted octanol–water partition coefficient (Wildman–Crippen LogP) is 6.80. The van der Waals surface area contributed by atoms with E-state index in [1.165, 1.54) is 34.7 Å². The first-order valence-electron chi connectivity index (χ1n) is 10.9. The van der Waals surface area contributed by atoms with E-state index < -0.39 is 0 Å². The van der Waals surface area contributed by atoms with Crippen molar-refractivity contribution in [3.63, 3.8) is 0 Å². The van der Waals surface area contributed by atoms with Crippen molar-refractivity contribution in [2.45, 2.75) is 24.1 Å². The van der Waals surface area contributed by atoms with Crippen LogP contribution in [0.5, 0.6) is 0 Å². The standard InChI is InChI=1S/C27H25N3O2S2/c1-18(2)20-9-11-21(12-10-20)28-26(32)17-33-27-30-23-14-13-22(16-24(23)34-27)29-25(31)15-8-19-6-4-3-5-7-19/h3-16,18H,17H2,1-2H3,(H,28,32)(H,29,31)/b15-8+. The molecule has 2 amide bonds. The lowest BCUT2D eigenvalue weighted by Crippen LogP contribution is -2.13.